The molecule has 2 aromatic heterocycles. The number of para-hydroxylation sites is 1. The minimum atomic E-state index is -0.351. The summed E-state index contributed by atoms with van der Waals surface area (Å²) in [5.74, 6) is -0.256. The molecule has 5 rings (SSSR count). The summed E-state index contributed by atoms with van der Waals surface area (Å²) in [6, 6.07) is 13.8. The maximum absolute atomic E-state index is 13.6. The molecular weight excluding hydrogens is 504 g/mol. The summed E-state index contributed by atoms with van der Waals surface area (Å²) >= 11 is 8.80. The Labute approximate surface area is 214 Å². The van der Waals surface area contributed by atoms with E-state index in [9.17, 15) is 14.7 Å². The number of rotatable bonds is 6. The van der Waals surface area contributed by atoms with E-state index < -0.39 is 0 Å². The van der Waals surface area contributed by atoms with Crippen LogP contribution in [0.25, 0.3) is 15.9 Å². The Hall–Kier alpha value is -3.14. The number of fused-ring (bicyclic) bond motifs is 3. The van der Waals surface area contributed by atoms with Crippen LogP contribution in [0, 0.1) is 0 Å². The number of hydrazone groups is 1. The van der Waals surface area contributed by atoms with Crippen LogP contribution >= 0.6 is 34.7 Å². The molecule has 7 nitrogen and oxygen atoms in total. The number of amides is 1. The van der Waals surface area contributed by atoms with Gasteiger partial charge < -0.3 is 5.11 Å². The quantitative estimate of drug-likeness (QED) is 0.161. The Morgan fingerprint density at radius 3 is 2.77 bits per heavy atom. The lowest BCUT2D eigenvalue weighted by atomic mass is 10.1. The molecule has 0 radical (unpaired) electrons. The zero-order valence-corrected chi connectivity index (χ0v) is 21.1. The second-order valence-electron chi connectivity index (χ2n) is 8.09. The van der Waals surface area contributed by atoms with E-state index in [0.717, 1.165) is 24.8 Å². The van der Waals surface area contributed by atoms with Gasteiger partial charge in [0.25, 0.3) is 11.5 Å². The van der Waals surface area contributed by atoms with Gasteiger partial charge in [0.2, 0.25) is 0 Å². The molecule has 4 aromatic rings. The van der Waals surface area contributed by atoms with E-state index in [4.69, 9.17) is 16.6 Å². The third-order valence-corrected chi connectivity index (χ3v) is 8.14. The fraction of sp³-hybridized carbons (Fsp3) is 0.200. The van der Waals surface area contributed by atoms with Gasteiger partial charge in [0, 0.05) is 15.5 Å². The molecule has 2 aromatic carbocycles. The van der Waals surface area contributed by atoms with Crippen LogP contribution in [0.3, 0.4) is 0 Å². The summed E-state index contributed by atoms with van der Waals surface area (Å²) in [5.41, 5.74) is 5.15. The molecule has 0 bridgehead atoms. The van der Waals surface area contributed by atoms with Crippen molar-refractivity contribution in [2.75, 3.05) is 5.75 Å². The van der Waals surface area contributed by atoms with E-state index >= 15 is 0 Å². The number of phenols is 1. The molecule has 0 aliphatic heterocycles. The number of benzene rings is 2. The van der Waals surface area contributed by atoms with Crippen LogP contribution in [0.5, 0.6) is 5.75 Å². The number of aromatic nitrogens is 2. The second-order valence-corrected chi connectivity index (χ2v) is 10.5. The van der Waals surface area contributed by atoms with E-state index in [-0.39, 0.29) is 23.0 Å². The normalized spacial score (nSPS) is 13.3. The Morgan fingerprint density at radius 1 is 1.23 bits per heavy atom. The molecule has 0 atom stereocenters. The molecule has 0 saturated carbocycles. The summed E-state index contributed by atoms with van der Waals surface area (Å²) in [6.45, 7) is 1.70. The maximum Gasteiger partial charge on any atom is 0.267 e. The first-order valence-electron chi connectivity index (χ1n) is 11.0. The minimum absolute atomic E-state index is 0.00811. The number of carbonyl (C=O) groups is 1. The lowest BCUT2D eigenvalue weighted by Gasteiger charge is -2.12. The van der Waals surface area contributed by atoms with Crippen LogP contribution in [0.15, 0.2) is 63.6 Å². The van der Waals surface area contributed by atoms with Crippen molar-refractivity contribution >= 4 is 56.5 Å². The van der Waals surface area contributed by atoms with E-state index in [2.05, 4.69) is 10.5 Å². The smallest absolute Gasteiger partial charge is 0.267 e. The van der Waals surface area contributed by atoms with Crippen molar-refractivity contribution in [3.63, 3.8) is 0 Å². The minimum Gasteiger partial charge on any atom is -0.507 e. The molecule has 0 unspecified atom stereocenters. The van der Waals surface area contributed by atoms with Gasteiger partial charge >= 0.3 is 0 Å². The summed E-state index contributed by atoms with van der Waals surface area (Å²) in [7, 11) is 0. The van der Waals surface area contributed by atoms with Crippen molar-refractivity contribution < 1.29 is 9.90 Å². The van der Waals surface area contributed by atoms with Gasteiger partial charge in [-0.2, -0.15) is 5.10 Å². The number of nitrogens with one attached hydrogen (secondary N) is 1. The predicted octanol–water partition coefficient (Wildman–Crippen LogP) is 4.93. The first kappa shape index (κ1) is 23.6. The van der Waals surface area contributed by atoms with E-state index in [1.54, 1.807) is 71.4 Å². The monoisotopic (exact) mass is 524 g/mol. The van der Waals surface area contributed by atoms with Crippen molar-refractivity contribution in [1.29, 1.82) is 0 Å². The summed E-state index contributed by atoms with van der Waals surface area (Å²) < 4.78 is 1.55. The highest BCUT2D eigenvalue weighted by atomic mass is 35.5. The standard InChI is InChI=1S/C25H21ClN4O3S2/c1-14(17-5-2-3-7-19(17)31)28-29-21(32)13-34-25-27-23-22(18-6-4-8-20(18)35-23)24(33)30(25)16-11-9-15(26)10-12-16/h2-3,5,7,9-12,31H,4,6,8,13H2,1H3,(H,29,32). The Morgan fingerprint density at radius 2 is 2.00 bits per heavy atom. The van der Waals surface area contributed by atoms with Gasteiger partial charge in [0.05, 0.1) is 22.5 Å². The van der Waals surface area contributed by atoms with Crippen LogP contribution < -0.4 is 11.0 Å². The van der Waals surface area contributed by atoms with Crippen LogP contribution in [-0.2, 0) is 17.6 Å². The lowest BCUT2D eigenvalue weighted by molar-refractivity contribution is -0.118. The fourth-order valence-corrected chi connectivity index (χ4v) is 6.32. The van der Waals surface area contributed by atoms with Crippen molar-refractivity contribution in [1.82, 2.24) is 15.0 Å². The van der Waals surface area contributed by atoms with Crippen molar-refractivity contribution in [2.24, 2.45) is 5.10 Å². The van der Waals surface area contributed by atoms with Gasteiger partial charge in [-0.3, -0.25) is 14.2 Å². The Bertz CT molecular complexity index is 1530. The number of aryl methyl sites for hydroxylation is 2. The van der Waals surface area contributed by atoms with E-state index in [0.29, 0.717) is 37.4 Å². The number of nitrogens with zero attached hydrogens (tertiary/aromatic N) is 3. The number of thiophene rings is 1. The maximum atomic E-state index is 13.6. The molecule has 2 N–H and O–H groups in total. The largest absolute Gasteiger partial charge is 0.507 e. The lowest BCUT2D eigenvalue weighted by Crippen LogP contribution is -2.24. The van der Waals surface area contributed by atoms with Crippen molar-refractivity contribution in [2.45, 2.75) is 31.3 Å². The first-order valence-corrected chi connectivity index (χ1v) is 13.2. The van der Waals surface area contributed by atoms with Gasteiger partial charge in [0.1, 0.15) is 10.6 Å². The van der Waals surface area contributed by atoms with Gasteiger partial charge in [-0.25, -0.2) is 10.4 Å². The highest BCUT2D eigenvalue weighted by molar-refractivity contribution is 7.99. The molecule has 178 valence electrons. The number of phenolic OH excluding ortho intramolecular Hbond substituents is 1. The number of hydrogen-bond acceptors (Lipinski definition) is 7. The number of hydrogen-bond donors (Lipinski definition) is 2. The van der Waals surface area contributed by atoms with Crippen LogP contribution in [0.2, 0.25) is 5.02 Å². The zero-order chi connectivity index (χ0) is 24.5. The second kappa shape index (κ2) is 9.85. The molecule has 0 saturated heterocycles. The molecule has 1 amide bonds. The SMILES string of the molecule is CC(=NNC(=O)CSc1nc2sc3c(c2c(=O)n1-c1ccc(Cl)cc1)CCC3)c1ccccc1O. The van der Waals surface area contributed by atoms with Crippen molar-refractivity contribution in [3.05, 3.63) is 79.9 Å². The average Bonchev–Trinajstić information content (AvgIpc) is 3.43. The molecule has 1 aliphatic carbocycles. The van der Waals surface area contributed by atoms with E-state index in [1.807, 2.05) is 0 Å². The molecule has 0 spiro atoms. The number of thioether (sulfide) groups is 1. The van der Waals surface area contributed by atoms with Crippen LogP contribution in [-0.4, -0.2) is 32.0 Å². The number of carbonyl (C=O) groups excluding carboxylic acids is 1. The topological polar surface area (TPSA) is 96.6 Å². The number of halogens is 1. The Balaban J connectivity index is 1.43. The highest BCUT2D eigenvalue weighted by Gasteiger charge is 2.24. The van der Waals surface area contributed by atoms with Gasteiger partial charge in [-0.1, -0.05) is 35.5 Å². The summed E-state index contributed by atoms with van der Waals surface area (Å²) in [5, 5.41) is 15.7. The average molecular weight is 525 g/mol. The molecule has 35 heavy (non-hydrogen) atoms. The van der Waals surface area contributed by atoms with Crippen LogP contribution in [0.1, 0.15) is 29.3 Å². The summed E-state index contributed by atoms with van der Waals surface area (Å²) in [6.07, 6.45) is 2.90. The molecular formula is C25H21ClN4O3S2. The predicted molar refractivity (Wildman–Crippen MR) is 141 cm³/mol. The van der Waals surface area contributed by atoms with E-state index in [1.165, 1.54) is 16.6 Å². The Kier molecular flexibility index (Phi) is 6.64. The van der Waals surface area contributed by atoms with Crippen molar-refractivity contribution in [3.8, 4) is 11.4 Å². The van der Waals surface area contributed by atoms with Gasteiger partial charge in [0.15, 0.2) is 5.16 Å². The van der Waals surface area contributed by atoms with Gasteiger partial charge in [-0.05, 0) is 68.1 Å². The fourth-order valence-electron chi connectivity index (χ4n) is 4.09. The third-order valence-electron chi connectivity index (χ3n) is 5.77. The molecule has 0 fully saturated rings. The molecule has 10 heteroatoms. The molecule has 1 aliphatic rings. The third kappa shape index (κ3) is 4.71. The van der Waals surface area contributed by atoms with Crippen LogP contribution in [0.4, 0.5) is 0 Å². The first-order chi connectivity index (χ1) is 16.9. The zero-order valence-electron chi connectivity index (χ0n) is 18.7. The molecule has 2 heterocycles. The number of aromatic hydroxyl groups is 1. The highest BCUT2D eigenvalue weighted by Crippen LogP contribution is 2.36. The summed E-state index contributed by atoms with van der Waals surface area (Å²) in [4.78, 5) is 32.9. The van der Waals surface area contributed by atoms with Gasteiger partial charge in [-0.15, -0.1) is 11.3 Å².